The van der Waals surface area contributed by atoms with Crippen LogP contribution >= 0.6 is 27.7 Å². The number of aromatic amines is 2. The minimum absolute atomic E-state index is 0.0777. The summed E-state index contributed by atoms with van der Waals surface area (Å²) in [5, 5.41) is 2.72. The van der Waals surface area contributed by atoms with Crippen molar-refractivity contribution in [1.82, 2.24) is 14.7 Å². The van der Waals surface area contributed by atoms with E-state index in [1.54, 1.807) is 30.3 Å². The lowest BCUT2D eigenvalue weighted by Crippen LogP contribution is -2.44. The largest absolute Gasteiger partial charge is 0.325 e. The molecule has 0 saturated carbocycles. The van der Waals surface area contributed by atoms with Crippen LogP contribution in [0.2, 0.25) is 0 Å². The van der Waals surface area contributed by atoms with Gasteiger partial charge in [0.1, 0.15) is 6.04 Å². The first-order valence-corrected chi connectivity index (χ1v) is 12.3. The van der Waals surface area contributed by atoms with Crippen molar-refractivity contribution in [2.24, 2.45) is 0 Å². The van der Waals surface area contributed by atoms with Gasteiger partial charge in [0.2, 0.25) is 15.9 Å². The second-order valence-electron chi connectivity index (χ2n) is 6.24. The Morgan fingerprint density at radius 3 is 2.52 bits per heavy atom. The van der Waals surface area contributed by atoms with Gasteiger partial charge in [0, 0.05) is 10.2 Å². The number of anilines is 1. The first-order valence-electron chi connectivity index (χ1n) is 8.58. The molecule has 29 heavy (non-hydrogen) atoms. The molecule has 0 aliphatic carbocycles. The predicted molar refractivity (Wildman–Crippen MR) is 119 cm³/mol. The summed E-state index contributed by atoms with van der Waals surface area (Å²) in [7, 11) is -3.87. The molecule has 154 valence electrons. The summed E-state index contributed by atoms with van der Waals surface area (Å²) >= 11 is 4.79. The van der Waals surface area contributed by atoms with Crippen molar-refractivity contribution in [1.29, 1.82) is 0 Å². The van der Waals surface area contributed by atoms with Crippen molar-refractivity contribution >= 4 is 60.3 Å². The molecule has 3 aromatic rings. The van der Waals surface area contributed by atoms with Crippen LogP contribution < -0.4 is 15.7 Å². The van der Waals surface area contributed by atoms with Crippen molar-refractivity contribution in [2.75, 3.05) is 17.3 Å². The Hall–Kier alpha value is -2.08. The maximum absolute atomic E-state index is 12.8. The number of imidazole rings is 1. The van der Waals surface area contributed by atoms with Gasteiger partial charge in [-0.1, -0.05) is 15.9 Å². The van der Waals surface area contributed by atoms with E-state index in [-0.39, 0.29) is 10.6 Å². The number of fused-ring (bicyclic) bond motifs is 1. The zero-order valence-corrected chi connectivity index (χ0v) is 18.6. The number of carbonyl (C=O) groups excluding carboxylic acids is 1. The van der Waals surface area contributed by atoms with E-state index in [9.17, 15) is 18.0 Å². The highest BCUT2D eigenvalue weighted by molar-refractivity contribution is 9.10. The van der Waals surface area contributed by atoms with Crippen LogP contribution in [0.25, 0.3) is 11.0 Å². The van der Waals surface area contributed by atoms with Crippen molar-refractivity contribution in [3.8, 4) is 0 Å². The van der Waals surface area contributed by atoms with Gasteiger partial charge in [0.05, 0.1) is 15.9 Å². The van der Waals surface area contributed by atoms with Crippen LogP contribution in [0.1, 0.15) is 6.42 Å². The molecule has 0 fully saturated rings. The van der Waals surface area contributed by atoms with Crippen LogP contribution in [-0.4, -0.2) is 42.3 Å². The molecule has 11 heteroatoms. The Bertz CT molecular complexity index is 1170. The lowest BCUT2D eigenvalue weighted by Gasteiger charge is -2.18. The topological polar surface area (TPSA) is 124 Å². The van der Waals surface area contributed by atoms with Gasteiger partial charge in [-0.25, -0.2) is 13.2 Å². The molecular formula is C18H19BrN4O4S2. The Labute approximate surface area is 180 Å². The highest BCUT2D eigenvalue weighted by atomic mass is 79.9. The van der Waals surface area contributed by atoms with Crippen LogP contribution in [0, 0.1) is 0 Å². The summed E-state index contributed by atoms with van der Waals surface area (Å²) in [5.74, 6) is 0.127. The number of carbonyl (C=O) groups is 1. The van der Waals surface area contributed by atoms with Crippen LogP contribution in [0.5, 0.6) is 0 Å². The zero-order valence-electron chi connectivity index (χ0n) is 15.4. The van der Waals surface area contributed by atoms with Gasteiger partial charge >= 0.3 is 5.69 Å². The van der Waals surface area contributed by atoms with Crippen molar-refractivity contribution < 1.29 is 13.2 Å². The maximum atomic E-state index is 12.8. The first-order chi connectivity index (χ1) is 13.8. The van der Waals surface area contributed by atoms with E-state index in [2.05, 4.69) is 35.9 Å². The fourth-order valence-corrected chi connectivity index (χ4v) is 4.65. The van der Waals surface area contributed by atoms with E-state index in [0.29, 0.717) is 28.9 Å². The molecule has 0 aliphatic rings. The molecule has 4 N–H and O–H groups in total. The second-order valence-corrected chi connectivity index (χ2v) is 9.85. The van der Waals surface area contributed by atoms with E-state index >= 15 is 0 Å². The number of benzene rings is 2. The highest BCUT2D eigenvalue weighted by Gasteiger charge is 2.25. The van der Waals surface area contributed by atoms with E-state index in [0.717, 1.165) is 4.47 Å². The van der Waals surface area contributed by atoms with Crippen LogP contribution in [0.15, 0.2) is 56.6 Å². The highest BCUT2D eigenvalue weighted by Crippen LogP contribution is 2.18. The number of sulfonamides is 1. The fraction of sp³-hybridized carbons (Fsp3) is 0.222. The molecule has 2 aromatic carbocycles. The van der Waals surface area contributed by atoms with Gasteiger partial charge in [-0.15, -0.1) is 0 Å². The van der Waals surface area contributed by atoms with Crippen LogP contribution in [-0.2, 0) is 14.8 Å². The number of thioether (sulfide) groups is 1. The quantitative estimate of drug-likeness (QED) is 0.380. The molecule has 1 unspecified atom stereocenters. The third-order valence-corrected chi connectivity index (χ3v) is 6.79. The second kappa shape index (κ2) is 9.16. The van der Waals surface area contributed by atoms with Crippen LogP contribution in [0.3, 0.4) is 0 Å². The minimum Gasteiger partial charge on any atom is -0.325 e. The Morgan fingerprint density at radius 1 is 1.14 bits per heavy atom. The van der Waals surface area contributed by atoms with Crippen molar-refractivity contribution in [2.45, 2.75) is 17.4 Å². The molecule has 0 spiro atoms. The zero-order chi connectivity index (χ0) is 21.0. The molecule has 0 bridgehead atoms. The third kappa shape index (κ3) is 5.50. The number of H-pyrrole nitrogens is 2. The van der Waals surface area contributed by atoms with Gasteiger partial charge in [-0.3, -0.25) is 4.79 Å². The number of hydrogen-bond donors (Lipinski definition) is 4. The SMILES string of the molecule is CSCCC(NS(=O)(=O)c1ccc(Br)cc1)C(=O)Nc1ccc2[nH]c(=O)[nH]c2c1. The van der Waals surface area contributed by atoms with E-state index in [1.807, 2.05) is 6.26 Å². The Balaban J connectivity index is 1.79. The van der Waals surface area contributed by atoms with Gasteiger partial charge in [0.25, 0.3) is 0 Å². The molecule has 0 aliphatic heterocycles. The average Bonchev–Trinajstić information content (AvgIpc) is 3.04. The van der Waals surface area contributed by atoms with Gasteiger partial charge in [0.15, 0.2) is 0 Å². The molecule has 0 saturated heterocycles. The number of halogens is 1. The summed E-state index contributed by atoms with van der Waals surface area (Å²) < 4.78 is 28.6. The normalized spacial score (nSPS) is 12.8. The summed E-state index contributed by atoms with van der Waals surface area (Å²) in [5.41, 5.74) is 1.27. The van der Waals surface area contributed by atoms with Crippen molar-refractivity contribution in [3.05, 3.63) is 57.4 Å². The third-order valence-electron chi connectivity index (χ3n) is 4.13. The Kier molecular flexibility index (Phi) is 6.83. The lowest BCUT2D eigenvalue weighted by atomic mass is 10.2. The smallest absolute Gasteiger partial charge is 0.323 e. The number of rotatable bonds is 8. The van der Waals surface area contributed by atoms with Crippen molar-refractivity contribution in [3.63, 3.8) is 0 Å². The van der Waals surface area contributed by atoms with Gasteiger partial charge in [-0.2, -0.15) is 16.5 Å². The number of aromatic nitrogens is 2. The summed E-state index contributed by atoms with van der Waals surface area (Å²) in [6.07, 6.45) is 2.21. The standard InChI is InChI=1S/C18H19BrN4O4S2/c1-28-9-8-15(23-29(26,27)13-5-2-11(19)3-6-13)17(24)20-12-4-7-14-16(10-12)22-18(25)21-14/h2-7,10,15,23H,8-9H2,1H3,(H,20,24)(H2,21,22,25). The maximum Gasteiger partial charge on any atom is 0.323 e. The molecular weight excluding hydrogens is 480 g/mol. The molecule has 8 nitrogen and oxygen atoms in total. The molecule has 0 radical (unpaired) electrons. The van der Waals surface area contributed by atoms with E-state index in [1.165, 1.54) is 23.9 Å². The Morgan fingerprint density at radius 2 is 1.83 bits per heavy atom. The van der Waals surface area contributed by atoms with Gasteiger partial charge < -0.3 is 15.3 Å². The van der Waals surface area contributed by atoms with Gasteiger partial charge in [-0.05, 0) is 60.9 Å². The first kappa shape index (κ1) is 21.6. The van der Waals surface area contributed by atoms with E-state index < -0.39 is 22.0 Å². The lowest BCUT2D eigenvalue weighted by molar-refractivity contribution is -0.117. The summed E-state index contributed by atoms with van der Waals surface area (Å²) in [6, 6.07) is 10.1. The molecule has 1 aromatic heterocycles. The summed E-state index contributed by atoms with van der Waals surface area (Å²) in [6.45, 7) is 0. The van der Waals surface area contributed by atoms with Crippen LogP contribution in [0.4, 0.5) is 5.69 Å². The molecule has 3 rings (SSSR count). The molecule has 1 heterocycles. The monoisotopic (exact) mass is 498 g/mol. The predicted octanol–water partition coefficient (Wildman–Crippen LogP) is 2.66. The number of nitrogens with one attached hydrogen (secondary N) is 4. The van der Waals surface area contributed by atoms with E-state index in [4.69, 9.17) is 0 Å². The minimum atomic E-state index is -3.87. The number of amides is 1. The average molecular weight is 499 g/mol. The number of hydrogen-bond acceptors (Lipinski definition) is 5. The molecule has 1 atom stereocenters. The fourth-order valence-electron chi connectivity index (χ4n) is 2.69. The molecule has 1 amide bonds. The summed E-state index contributed by atoms with van der Waals surface area (Å²) in [4.78, 5) is 29.5.